The second-order valence-corrected chi connectivity index (χ2v) is 7.71. The van der Waals surface area contributed by atoms with Gasteiger partial charge in [0, 0.05) is 22.8 Å². The second-order valence-electron chi connectivity index (χ2n) is 7.31. The van der Waals surface area contributed by atoms with E-state index in [4.69, 9.17) is 16.3 Å². The van der Waals surface area contributed by atoms with Gasteiger partial charge >= 0.3 is 5.97 Å². The molecule has 1 amide bonds. The van der Waals surface area contributed by atoms with Crippen LogP contribution in [0, 0.1) is 32.1 Å². The Morgan fingerprint density at radius 1 is 1.09 bits per heavy atom. The summed E-state index contributed by atoms with van der Waals surface area (Å²) >= 11 is 6.28. The number of carbonyl (C=O) groups excluding carboxylic acids is 2. The summed E-state index contributed by atoms with van der Waals surface area (Å²) in [5, 5.41) is 12.6. The van der Waals surface area contributed by atoms with E-state index in [1.54, 1.807) is 36.4 Å². The van der Waals surface area contributed by atoms with Crippen molar-refractivity contribution >= 4 is 35.2 Å². The van der Waals surface area contributed by atoms with E-state index >= 15 is 0 Å². The minimum absolute atomic E-state index is 0.00936. The maximum Gasteiger partial charge on any atom is 0.339 e. The van der Waals surface area contributed by atoms with E-state index in [1.165, 1.54) is 7.11 Å². The predicted molar refractivity (Wildman–Crippen MR) is 125 cm³/mol. The van der Waals surface area contributed by atoms with Crippen LogP contribution in [0.15, 0.2) is 54.1 Å². The lowest BCUT2D eigenvalue weighted by atomic mass is 10.1. The molecule has 1 N–H and O–H groups in total. The number of benzene rings is 2. The molecule has 3 aromatic rings. The third-order valence-electron chi connectivity index (χ3n) is 5.06. The predicted octanol–water partition coefficient (Wildman–Crippen LogP) is 5.39. The number of nitriles is 1. The smallest absolute Gasteiger partial charge is 0.339 e. The number of ether oxygens (including phenoxy) is 1. The van der Waals surface area contributed by atoms with E-state index in [0.29, 0.717) is 5.69 Å². The Labute approximate surface area is 191 Å². The summed E-state index contributed by atoms with van der Waals surface area (Å²) in [6.45, 7) is 5.75. The number of carbonyl (C=O) groups is 2. The van der Waals surface area contributed by atoms with Crippen LogP contribution < -0.4 is 5.32 Å². The van der Waals surface area contributed by atoms with Gasteiger partial charge in [-0.05, 0) is 68.8 Å². The SMILES string of the molecule is COC(=O)c1ccc(-n2c(C)cc(/C=C(/C#N)C(=O)Nc3ccc(C)cc3)c2C)cc1Cl. The first-order valence-electron chi connectivity index (χ1n) is 9.82. The summed E-state index contributed by atoms with van der Waals surface area (Å²) in [7, 11) is 1.30. The molecule has 0 aliphatic carbocycles. The number of aryl methyl sites for hydroxylation is 2. The lowest BCUT2D eigenvalue weighted by Crippen LogP contribution is -2.13. The number of esters is 1. The van der Waals surface area contributed by atoms with Gasteiger partial charge in [0.2, 0.25) is 0 Å². The highest BCUT2D eigenvalue weighted by Gasteiger charge is 2.16. The molecule has 0 saturated heterocycles. The Balaban J connectivity index is 1.94. The molecule has 0 radical (unpaired) electrons. The number of nitrogens with one attached hydrogen (secondary N) is 1. The van der Waals surface area contributed by atoms with Gasteiger partial charge in [0.15, 0.2) is 0 Å². The van der Waals surface area contributed by atoms with Gasteiger partial charge in [-0.2, -0.15) is 5.26 Å². The third-order valence-corrected chi connectivity index (χ3v) is 5.37. The van der Waals surface area contributed by atoms with Crippen molar-refractivity contribution in [3.63, 3.8) is 0 Å². The van der Waals surface area contributed by atoms with Gasteiger partial charge in [-0.1, -0.05) is 29.3 Å². The molecule has 162 valence electrons. The fraction of sp³-hybridized carbons (Fsp3) is 0.160. The molecule has 1 aromatic heterocycles. The molecule has 2 aromatic carbocycles. The quantitative estimate of drug-likeness (QED) is 0.323. The van der Waals surface area contributed by atoms with E-state index in [1.807, 2.05) is 49.6 Å². The van der Waals surface area contributed by atoms with Crippen molar-refractivity contribution in [3.05, 3.63) is 87.2 Å². The third kappa shape index (κ3) is 4.74. The van der Waals surface area contributed by atoms with Crippen LogP contribution in [0.4, 0.5) is 5.69 Å². The first-order valence-corrected chi connectivity index (χ1v) is 10.2. The van der Waals surface area contributed by atoms with E-state index in [0.717, 1.165) is 28.2 Å². The molecule has 0 spiro atoms. The highest BCUT2D eigenvalue weighted by atomic mass is 35.5. The fourth-order valence-corrected chi connectivity index (χ4v) is 3.64. The van der Waals surface area contributed by atoms with E-state index < -0.39 is 11.9 Å². The van der Waals surface area contributed by atoms with Crippen molar-refractivity contribution < 1.29 is 14.3 Å². The summed E-state index contributed by atoms with van der Waals surface area (Å²) in [5.74, 6) is -0.990. The van der Waals surface area contributed by atoms with Crippen LogP contribution in [-0.2, 0) is 9.53 Å². The van der Waals surface area contributed by atoms with Crippen molar-refractivity contribution in [2.24, 2.45) is 0 Å². The number of halogens is 1. The molecule has 3 rings (SSSR count). The second kappa shape index (κ2) is 9.54. The van der Waals surface area contributed by atoms with Gasteiger partial charge in [-0.3, -0.25) is 4.79 Å². The summed E-state index contributed by atoms with van der Waals surface area (Å²) in [5.41, 5.74) is 5.14. The lowest BCUT2D eigenvalue weighted by Gasteiger charge is -2.12. The number of amides is 1. The van der Waals surface area contributed by atoms with E-state index in [2.05, 4.69) is 5.32 Å². The number of anilines is 1. The monoisotopic (exact) mass is 447 g/mol. The fourth-order valence-electron chi connectivity index (χ4n) is 3.39. The van der Waals surface area contributed by atoms with Gasteiger partial charge < -0.3 is 14.6 Å². The van der Waals surface area contributed by atoms with Crippen molar-refractivity contribution in [3.8, 4) is 11.8 Å². The highest BCUT2D eigenvalue weighted by Crippen LogP contribution is 2.27. The molecule has 32 heavy (non-hydrogen) atoms. The van der Waals surface area contributed by atoms with Gasteiger partial charge in [0.25, 0.3) is 5.91 Å². The number of nitrogens with zero attached hydrogens (tertiary/aromatic N) is 2. The maximum absolute atomic E-state index is 12.6. The van der Waals surface area contributed by atoms with Crippen LogP contribution in [0.25, 0.3) is 11.8 Å². The molecule has 0 atom stereocenters. The Kier molecular flexibility index (Phi) is 6.82. The van der Waals surface area contributed by atoms with Crippen molar-refractivity contribution in [1.82, 2.24) is 4.57 Å². The van der Waals surface area contributed by atoms with E-state index in [9.17, 15) is 14.9 Å². The number of rotatable bonds is 5. The molecule has 7 heteroatoms. The average Bonchev–Trinajstić information content (AvgIpc) is 3.05. The Bertz CT molecular complexity index is 1260. The summed E-state index contributed by atoms with van der Waals surface area (Å²) in [6.07, 6.45) is 1.56. The highest BCUT2D eigenvalue weighted by molar-refractivity contribution is 6.33. The normalized spacial score (nSPS) is 11.1. The molecule has 0 fully saturated rings. The lowest BCUT2D eigenvalue weighted by molar-refractivity contribution is -0.112. The first kappa shape index (κ1) is 22.9. The largest absolute Gasteiger partial charge is 0.465 e. The average molecular weight is 448 g/mol. The molecule has 6 nitrogen and oxygen atoms in total. The van der Waals surface area contributed by atoms with Crippen LogP contribution in [0.1, 0.15) is 32.9 Å². The molecule has 1 heterocycles. The van der Waals surface area contributed by atoms with Crippen LogP contribution >= 0.6 is 11.6 Å². The Hall–Kier alpha value is -3.82. The van der Waals surface area contributed by atoms with Gasteiger partial charge in [0.05, 0.1) is 17.7 Å². The van der Waals surface area contributed by atoms with Crippen molar-refractivity contribution in [1.29, 1.82) is 5.26 Å². The maximum atomic E-state index is 12.6. The van der Waals surface area contributed by atoms with Crippen molar-refractivity contribution in [2.75, 3.05) is 12.4 Å². The van der Waals surface area contributed by atoms with E-state index in [-0.39, 0.29) is 16.2 Å². The summed E-state index contributed by atoms with van der Waals surface area (Å²) < 4.78 is 6.67. The zero-order valence-electron chi connectivity index (χ0n) is 18.2. The molecular formula is C25H22ClN3O3. The zero-order valence-corrected chi connectivity index (χ0v) is 18.9. The molecular weight excluding hydrogens is 426 g/mol. The van der Waals surface area contributed by atoms with Crippen LogP contribution in [0.2, 0.25) is 5.02 Å². The van der Waals surface area contributed by atoms with Crippen molar-refractivity contribution in [2.45, 2.75) is 20.8 Å². The minimum Gasteiger partial charge on any atom is -0.465 e. The Morgan fingerprint density at radius 2 is 1.78 bits per heavy atom. The number of hydrogen-bond acceptors (Lipinski definition) is 4. The standard InChI is InChI=1S/C25H22ClN3O3/c1-15-5-7-20(8-6-15)28-24(30)19(14-27)12-18-11-16(2)29(17(18)3)21-9-10-22(23(26)13-21)25(31)32-4/h5-13H,1-4H3,(H,28,30)/b19-12-. The molecule has 0 aliphatic heterocycles. The zero-order chi connectivity index (χ0) is 23.4. The Morgan fingerprint density at radius 3 is 2.38 bits per heavy atom. The number of hydrogen-bond donors (Lipinski definition) is 1. The summed E-state index contributed by atoms with van der Waals surface area (Å²) in [4.78, 5) is 24.4. The molecule has 0 aliphatic rings. The van der Waals surface area contributed by atoms with Crippen LogP contribution in [0.3, 0.4) is 0 Å². The molecule has 0 saturated carbocycles. The van der Waals surface area contributed by atoms with Gasteiger partial charge in [-0.25, -0.2) is 4.79 Å². The number of methoxy groups -OCH3 is 1. The van der Waals surface area contributed by atoms with Crippen LogP contribution in [-0.4, -0.2) is 23.6 Å². The summed E-state index contributed by atoms with van der Waals surface area (Å²) in [6, 6.07) is 16.3. The number of aromatic nitrogens is 1. The van der Waals surface area contributed by atoms with Gasteiger partial charge in [-0.15, -0.1) is 0 Å². The van der Waals surface area contributed by atoms with Crippen LogP contribution in [0.5, 0.6) is 0 Å². The minimum atomic E-state index is -0.510. The van der Waals surface area contributed by atoms with Gasteiger partial charge in [0.1, 0.15) is 11.6 Å². The molecule has 0 unspecified atom stereocenters. The molecule has 0 bridgehead atoms. The topological polar surface area (TPSA) is 84.1 Å². The first-order chi connectivity index (χ1) is 15.2.